The van der Waals surface area contributed by atoms with Crippen LogP contribution in [0.4, 0.5) is 5.69 Å². The van der Waals surface area contributed by atoms with Gasteiger partial charge in [0.05, 0.1) is 18.9 Å². The highest BCUT2D eigenvalue weighted by molar-refractivity contribution is 6.31. The molecule has 0 N–H and O–H groups in total. The van der Waals surface area contributed by atoms with E-state index in [2.05, 4.69) is 0 Å². The monoisotopic (exact) mass is 291 g/mol. The molecule has 0 aromatic heterocycles. The van der Waals surface area contributed by atoms with Gasteiger partial charge in [-0.05, 0) is 17.7 Å². The first-order valence-electron chi connectivity index (χ1n) is 6.22. The predicted octanol–water partition coefficient (Wildman–Crippen LogP) is 1.60. The van der Waals surface area contributed by atoms with E-state index >= 15 is 0 Å². The maximum absolute atomic E-state index is 12.0. The van der Waals surface area contributed by atoms with E-state index in [4.69, 9.17) is 16.9 Å². The number of hydrogen-bond donors (Lipinski definition) is 0. The maximum Gasteiger partial charge on any atom is 0.242 e. The van der Waals surface area contributed by atoms with E-state index < -0.39 is 0 Å². The maximum atomic E-state index is 12.0. The molecule has 2 amide bonds. The van der Waals surface area contributed by atoms with Gasteiger partial charge < -0.3 is 9.80 Å². The van der Waals surface area contributed by atoms with E-state index in [1.54, 1.807) is 25.2 Å². The Balaban J connectivity index is 2.11. The third kappa shape index (κ3) is 2.91. The lowest BCUT2D eigenvalue weighted by Gasteiger charge is -2.21. The van der Waals surface area contributed by atoms with Crippen molar-refractivity contribution in [2.45, 2.75) is 12.8 Å². The molecule has 0 saturated carbocycles. The number of halogens is 1. The molecule has 0 fully saturated rings. The average molecular weight is 292 g/mol. The first-order valence-corrected chi connectivity index (χ1v) is 6.60. The summed E-state index contributed by atoms with van der Waals surface area (Å²) in [6.07, 6.45) is 0.570. The van der Waals surface area contributed by atoms with Crippen molar-refractivity contribution in [2.24, 2.45) is 0 Å². The van der Waals surface area contributed by atoms with Crippen LogP contribution >= 0.6 is 11.6 Å². The topological polar surface area (TPSA) is 64.4 Å². The van der Waals surface area contributed by atoms with Crippen LogP contribution in [0.1, 0.15) is 12.0 Å². The summed E-state index contributed by atoms with van der Waals surface area (Å²) in [6.45, 7) is 0.341. The predicted molar refractivity (Wildman–Crippen MR) is 75.4 cm³/mol. The summed E-state index contributed by atoms with van der Waals surface area (Å²) in [5.41, 5.74) is 1.58. The summed E-state index contributed by atoms with van der Waals surface area (Å²) >= 11 is 5.93. The zero-order valence-corrected chi connectivity index (χ0v) is 11.9. The second-order valence-electron chi connectivity index (χ2n) is 4.65. The highest BCUT2D eigenvalue weighted by atomic mass is 35.5. The number of fused-ring (bicyclic) bond motifs is 1. The van der Waals surface area contributed by atoms with Crippen LogP contribution in [0, 0.1) is 11.3 Å². The molecule has 1 heterocycles. The van der Waals surface area contributed by atoms with Crippen LogP contribution in [-0.2, 0) is 16.0 Å². The molecular weight excluding hydrogens is 278 g/mol. The third-order valence-electron chi connectivity index (χ3n) is 3.26. The summed E-state index contributed by atoms with van der Waals surface area (Å²) < 4.78 is 0. The summed E-state index contributed by atoms with van der Waals surface area (Å²) in [7, 11) is 1.62. The molecular formula is C14H14ClN3O2. The minimum atomic E-state index is -0.193. The van der Waals surface area contributed by atoms with Gasteiger partial charge in [0.25, 0.3) is 0 Å². The zero-order valence-electron chi connectivity index (χ0n) is 11.1. The average Bonchev–Trinajstić information content (AvgIpc) is 2.72. The number of carbonyl (C=O) groups is 2. The number of rotatable bonds is 4. The molecule has 6 heteroatoms. The highest BCUT2D eigenvalue weighted by Gasteiger charge is 2.29. The van der Waals surface area contributed by atoms with Gasteiger partial charge in [0.2, 0.25) is 11.8 Å². The van der Waals surface area contributed by atoms with Gasteiger partial charge in [-0.2, -0.15) is 5.26 Å². The molecule has 0 spiro atoms. The van der Waals surface area contributed by atoms with Crippen LogP contribution in [0.15, 0.2) is 18.2 Å². The Morgan fingerprint density at radius 3 is 3.00 bits per heavy atom. The van der Waals surface area contributed by atoms with Crippen molar-refractivity contribution in [2.75, 3.05) is 25.0 Å². The van der Waals surface area contributed by atoms with Crippen LogP contribution in [0.3, 0.4) is 0 Å². The molecule has 2 rings (SSSR count). The summed E-state index contributed by atoms with van der Waals surface area (Å²) in [4.78, 5) is 26.9. The van der Waals surface area contributed by atoms with Crippen LogP contribution in [0.25, 0.3) is 0 Å². The van der Waals surface area contributed by atoms with E-state index in [-0.39, 0.29) is 24.8 Å². The number of nitriles is 1. The molecule has 0 unspecified atom stereocenters. The molecule has 0 atom stereocenters. The van der Waals surface area contributed by atoms with Crippen molar-refractivity contribution in [3.8, 4) is 6.07 Å². The SMILES string of the molecule is CN(CCC#N)C(=O)CN1C(=O)Cc2ccc(Cl)cc21. The third-order valence-corrected chi connectivity index (χ3v) is 3.49. The van der Waals surface area contributed by atoms with Gasteiger partial charge in [0.15, 0.2) is 0 Å². The van der Waals surface area contributed by atoms with Gasteiger partial charge in [0.1, 0.15) is 6.54 Å². The molecule has 1 aliphatic heterocycles. The molecule has 0 bridgehead atoms. The molecule has 0 radical (unpaired) electrons. The Morgan fingerprint density at radius 2 is 2.30 bits per heavy atom. The van der Waals surface area contributed by atoms with Gasteiger partial charge in [-0.1, -0.05) is 17.7 Å². The summed E-state index contributed by atoms with van der Waals surface area (Å²) in [5, 5.41) is 9.05. The number of hydrogen-bond acceptors (Lipinski definition) is 3. The Labute approximate surface area is 122 Å². The molecule has 0 saturated heterocycles. The Bertz CT molecular complexity index is 595. The normalized spacial score (nSPS) is 13.1. The van der Waals surface area contributed by atoms with Gasteiger partial charge in [0, 0.05) is 24.3 Å². The van der Waals surface area contributed by atoms with Crippen LogP contribution < -0.4 is 4.90 Å². The minimum absolute atomic E-state index is 0.0197. The first-order chi connectivity index (χ1) is 9.52. The largest absolute Gasteiger partial charge is 0.343 e. The lowest BCUT2D eigenvalue weighted by molar-refractivity contribution is -0.130. The fraction of sp³-hybridized carbons (Fsp3) is 0.357. The van der Waals surface area contributed by atoms with Crippen molar-refractivity contribution in [1.82, 2.24) is 4.90 Å². The smallest absolute Gasteiger partial charge is 0.242 e. The molecule has 1 aromatic carbocycles. The van der Waals surface area contributed by atoms with Gasteiger partial charge >= 0.3 is 0 Å². The fourth-order valence-electron chi connectivity index (χ4n) is 2.10. The molecule has 20 heavy (non-hydrogen) atoms. The zero-order chi connectivity index (χ0) is 14.7. The van der Waals surface area contributed by atoms with Crippen molar-refractivity contribution in [1.29, 1.82) is 5.26 Å². The Kier molecular flexibility index (Phi) is 4.26. The van der Waals surface area contributed by atoms with Gasteiger partial charge in [-0.15, -0.1) is 0 Å². The number of likely N-dealkylation sites (N-methyl/N-ethyl adjacent to an activating group) is 1. The molecule has 0 aliphatic carbocycles. The minimum Gasteiger partial charge on any atom is -0.343 e. The van der Waals surface area contributed by atoms with E-state index in [1.165, 1.54) is 9.80 Å². The number of carbonyl (C=O) groups excluding carboxylic acids is 2. The van der Waals surface area contributed by atoms with Crippen molar-refractivity contribution >= 4 is 29.1 Å². The van der Waals surface area contributed by atoms with E-state index in [0.29, 0.717) is 23.7 Å². The number of nitrogens with zero attached hydrogens (tertiary/aromatic N) is 3. The number of amides is 2. The number of benzene rings is 1. The summed E-state index contributed by atoms with van der Waals surface area (Å²) in [5.74, 6) is -0.300. The van der Waals surface area contributed by atoms with Crippen LogP contribution in [0.2, 0.25) is 5.02 Å². The van der Waals surface area contributed by atoms with Crippen molar-refractivity contribution in [3.63, 3.8) is 0 Å². The van der Waals surface area contributed by atoms with E-state index in [1.807, 2.05) is 6.07 Å². The molecule has 1 aliphatic rings. The Hall–Kier alpha value is -2.06. The van der Waals surface area contributed by atoms with Crippen molar-refractivity contribution < 1.29 is 9.59 Å². The van der Waals surface area contributed by atoms with Gasteiger partial charge in [-0.25, -0.2) is 0 Å². The fourth-order valence-corrected chi connectivity index (χ4v) is 2.27. The second kappa shape index (κ2) is 5.93. The summed E-state index contributed by atoms with van der Waals surface area (Å²) in [6, 6.07) is 7.23. The quantitative estimate of drug-likeness (QED) is 0.846. The van der Waals surface area contributed by atoms with E-state index in [9.17, 15) is 9.59 Å². The standard InChI is InChI=1S/C14H14ClN3O2/c1-17(6-2-5-16)14(20)9-18-12-8-11(15)4-3-10(12)7-13(18)19/h3-4,8H,2,6-7,9H2,1H3. The van der Waals surface area contributed by atoms with E-state index in [0.717, 1.165) is 5.56 Å². The lowest BCUT2D eigenvalue weighted by Crippen LogP contribution is -2.40. The lowest BCUT2D eigenvalue weighted by atomic mass is 10.2. The number of anilines is 1. The molecule has 104 valence electrons. The molecule has 1 aromatic rings. The highest BCUT2D eigenvalue weighted by Crippen LogP contribution is 2.31. The van der Waals surface area contributed by atoms with Gasteiger partial charge in [-0.3, -0.25) is 9.59 Å². The van der Waals surface area contributed by atoms with Crippen LogP contribution in [0.5, 0.6) is 0 Å². The van der Waals surface area contributed by atoms with Crippen LogP contribution in [-0.4, -0.2) is 36.9 Å². The van der Waals surface area contributed by atoms with Crippen molar-refractivity contribution in [3.05, 3.63) is 28.8 Å². The second-order valence-corrected chi connectivity index (χ2v) is 5.09. The Morgan fingerprint density at radius 1 is 1.55 bits per heavy atom. The first kappa shape index (κ1) is 14.4. The molecule has 5 nitrogen and oxygen atoms in total.